The Hall–Kier alpha value is -2.94. The molecule has 27 heavy (non-hydrogen) atoms. The molecule has 0 spiro atoms. The van der Waals surface area contributed by atoms with Gasteiger partial charge < -0.3 is 9.72 Å². The summed E-state index contributed by atoms with van der Waals surface area (Å²) in [5.41, 5.74) is 2.86. The summed E-state index contributed by atoms with van der Waals surface area (Å²) in [4.78, 5) is 36.1. The van der Waals surface area contributed by atoms with Gasteiger partial charge in [-0.3, -0.25) is 14.9 Å². The Morgan fingerprint density at radius 2 is 1.93 bits per heavy atom. The molecule has 2 N–H and O–H groups in total. The van der Waals surface area contributed by atoms with Gasteiger partial charge in [-0.25, -0.2) is 9.78 Å². The van der Waals surface area contributed by atoms with Crippen LogP contribution in [0.1, 0.15) is 39.0 Å². The second-order valence-corrected chi connectivity index (χ2v) is 7.25. The molecule has 0 aliphatic rings. The second kappa shape index (κ2) is 7.75. The molecule has 0 aromatic carbocycles. The van der Waals surface area contributed by atoms with E-state index in [-0.39, 0.29) is 5.78 Å². The predicted octanol–water partition coefficient (Wildman–Crippen LogP) is 2.96. The van der Waals surface area contributed by atoms with Gasteiger partial charge in [0, 0.05) is 23.7 Å². The number of hydrogen-bond donors (Lipinski definition) is 2. The minimum absolute atomic E-state index is 0.133. The van der Waals surface area contributed by atoms with E-state index in [1.165, 1.54) is 18.9 Å². The van der Waals surface area contributed by atoms with Gasteiger partial charge in [0.15, 0.2) is 11.6 Å². The van der Waals surface area contributed by atoms with Gasteiger partial charge >= 0.3 is 5.97 Å². The number of Topliss-reactive ketones (excluding diaryl/α,β-unsaturated/α-hetero) is 1. The second-order valence-electron chi connectivity index (χ2n) is 5.94. The molecule has 1 atom stereocenters. The van der Waals surface area contributed by atoms with Crippen LogP contribution in [0, 0.1) is 13.8 Å². The summed E-state index contributed by atoms with van der Waals surface area (Å²) in [5, 5.41) is 7.06. The molecule has 3 aromatic heterocycles. The van der Waals surface area contributed by atoms with Crippen LogP contribution in [0.2, 0.25) is 0 Å². The standard InChI is InChI=1S/C18H19N5O3S/c1-9-13(17(25)26-4)10(2)20-14(9)15(24)11(3)27-18-21-16(22-23-18)12-5-7-19-8-6-12/h5-8,11,20H,1-4H3,(H,21,22,23)/t11-/m0/s1. The predicted molar refractivity (Wildman–Crippen MR) is 101 cm³/mol. The molecular formula is C18H19N5O3S. The van der Waals surface area contributed by atoms with Crippen molar-refractivity contribution in [1.29, 1.82) is 0 Å². The summed E-state index contributed by atoms with van der Waals surface area (Å²) in [6.45, 7) is 5.25. The lowest BCUT2D eigenvalue weighted by atomic mass is 10.1. The Morgan fingerprint density at radius 3 is 2.59 bits per heavy atom. The molecule has 9 heteroatoms. The number of thioether (sulfide) groups is 1. The summed E-state index contributed by atoms with van der Waals surface area (Å²) >= 11 is 1.25. The van der Waals surface area contributed by atoms with Gasteiger partial charge in [0.25, 0.3) is 0 Å². The molecule has 0 aliphatic carbocycles. The smallest absolute Gasteiger partial charge is 0.339 e. The lowest BCUT2D eigenvalue weighted by Gasteiger charge is -2.07. The number of ether oxygens (including phenoxy) is 1. The molecule has 8 nitrogen and oxygen atoms in total. The van der Waals surface area contributed by atoms with E-state index < -0.39 is 11.2 Å². The minimum atomic E-state index is -0.462. The van der Waals surface area contributed by atoms with E-state index in [0.29, 0.717) is 33.5 Å². The Kier molecular flexibility index (Phi) is 5.41. The van der Waals surface area contributed by atoms with E-state index in [0.717, 1.165) is 5.56 Å². The van der Waals surface area contributed by atoms with E-state index in [4.69, 9.17) is 4.74 Å². The Bertz CT molecular complexity index is 980. The number of aromatic amines is 2. The number of aromatic nitrogens is 5. The summed E-state index contributed by atoms with van der Waals surface area (Å²) in [6, 6.07) is 3.64. The van der Waals surface area contributed by atoms with E-state index in [2.05, 4.69) is 25.1 Å². The minimum Gasteiger partial charge on any atom is -0.465 e. The highest BCUT2D eigenvalue weighted by Gasteiger charge is 2.26. The first-order valence-electron chi connectivity index (χ1n) is 8.23. The highest BCUT2D eigenvalue weighted by molar-refractivity contribution is 8.00. The number of nitrogens with zero attached hydrogens (tertiary/aromatic N) is 3. The third-order valence-electron chi connectivity index (χ3n) is 4.14. The van der Waals surface area contributed by atoms with Crippen molar-refractivity contribution in [3.63, 3.8) is 0 Å². The summed E-state index contributed by atoms with van der Waals surface area (Å²) in [7, 11) is 1.32. The molecule has 0 saturated carbocycles. The number of pyridine rings is 1. The fourth-order valence-corrected chi connectivity index (χ4v) is 3.54. The van der Waals surface area contributed by atoms with Crippen LogP contribution >= 0.6 is 11.8 Å². The maximum Gasteiger partial charge on any atom is 0.339 e. The van der Waals surface area contributed by atoms with Crippen molar-refractivity contribution in [3.05, 3.63) is 47.0 Å². The fourth-order valence-electron chi connectivity index (χ4n) is 2.76. The van der Waals surface area contributed by atoms with Crippen molar-refractivity contribution in [1.82, 2.24) is 25.1 Å². The van der Waals surface area contributed by atoms with E-state index in [1.54, 1.807) is 33.2 Å². The molecule has 0 fully saturated rings. The zero-order valence-electron chi connectivity index (χ0n) is 15.4. The van der Waals surface area contributed by atoms with Gasteiger partial charge in [-0.15, -0.1) is 5.10 Å². The molecule has 3 heterocycles. The lowest BCUT2D eigenvalue weighted by molar-refractivity contribution is 0.0599. The summed E-state index contributed by atoms with van der Waals surface area (Å²) < 4.78 is 4.79. The number of carbonyl (C=O) groups excluding carboxylic acids is 2. The number of rotatable bonds is 6. The van der Waals surface area contributed by atoms with Crippen molar-refractivity contribution in [2.24, 2.45) is 0 Å². The molecule has 0 bridgehead atoms. The number of ketones is 1. The molecular weight excluding hydrogens is 366 g/mol. The maximum absolute atomic E-state index is 12.8. The average molecular weight is 385 g/mol. The van der Waals surface area contributed by atoms with Gasteiger partial charge in [-0.05, 0) is 38.5 Å². The maximum atomic E-state index is 12.8. The van der Waals surface area contributed by atoms with Gasteiger partial charge in [0.05, 0.1) is 23.6 Å². The first-order valence-corrected chi connectivity index (χ1v) is 9.11. The summed E-state index contributed by atoms with van der Waals surface area (Å²) in [5.74, 6) is 0.0157. The normalized spacial score (nSPS) is 12.0. The van der Waals surface area contributed by atoms with Gasteiger partial charge in [0.1, 0.15) is 0 Å². The van der Waals surface area contributed by atoms with Crippen LogP contribution < -0.4 is 0 Å². The number of carbonyl (C=O) groups is 2. The number of methoxy groups -OCH3 is 1. The Morgan fingerprint density at radius 1 is 1.22 bits per heavy atom. The monoisotopic (exact) mass is 385 g/mol. The van der Waals surface area contributed by atoms with Gasteiger partial charge in [-0.1, -0.05) is 11.8 Å². The quantitative estimate of drug-likeness (QED) is 0.381. The first kappa shape index (κ1) is 18.8. The van der Waals surface area contributed by atoms with Gasteiger partial charge in [-0.2, -0.15) is 0 Å². The molecule has 0 saturated heterocycles. The van der Waals surface area contributed by atoms with Crippen molar-refractivity contribution in [3.8, 4) is 11.4 Å². The molecule has 0 amide bonds. The number of H-pyrrole nitrogens is 2. The molecule has 0 radical (unpaired) electrons. The third kappa shape index (κ3) is 3.77. The topological polar surface area (TPSA) is 114 Å². The number of aryl methyl sites for hydroxylation is 1. The first-order chi connectivity index (χ1) is 12.9. The molecule has 0 aliphatic heterocycles. The van der Waals surface area contributed by atoms with Crippen LogP contribution in [0.3, 0.4) is 0 Å². The molecule has 3 rings (SSSR count). The highest BCUT2D eigenvalue weighted by atomic mass is 32.2. The number of nitrogens with one attached hydrogen (secondary N) is 2. The van der Waals surface area contributed by atoms with E-state index in [1.807, 2.05) is 12.1 Å². The number of esters is 1. The van der Waals surface area contributed by atoms with Crippen molar-refractivity contribution in [2.45, 2.75) is 31.2 Å². The van der Waals surface area contributed by atoms with Crippen molar-refractivity contribution in [2.75, 3.05) is 7.11 Å². The molecule has 140 valence electrons. The lowest BCUT2D eigenvalue weighted by Crippen LogP contribution is -2.15. The van der Waals surface area contributed by atoms with Crippen molar-refractivity contribution >= 4 is 23.5 Å². The summed E-state index contributed by atoms with van der Waals surface area (Å²) in [6.07, 6.45) is 3.35. The fraction of sp³-hybridized carbons (Fsp3) is 0.278. The van der Waals surface area contributed by atoms with E-state index in [9.17, 15) is 9.59 Å². The Labute approximate surface area is 160 Å². The van der Waals surface area contributed by atoms with Crippen LogP contribution in [0.4, 0.5) is 0 Å². The largest absolute Gasteiger partial charge is 0.465 e. The third-order valence-corrected chi connectivity index (χ3v) is 5.10. The zero-order chi connectivity index (χ0) is 19.6. The van der Waals surface area contributed by atoms with Crippen LogP contribution in [0.25, 0.3) is 11.4 Å². The van der Waals surface area contributed by atoms with Crippen molar-refractivity contribution < 1.29 is 14.3 Å². The van der Waals surface area contributed by atoms with Crippen LogP contribution in [-0.2, 0) is 4.74 Å². The zero-order valence-corrected chi connectivity index (χ0v) is 16.2. The molecule has 0 unspecified atom stereocenters. The number of hydrogen-bond acceptors (Lipinski definition) is 7. The SMILES string of the molecule is COC(=O)c1c(C)[nH]c(C(=O)[C@H](C)Sc2n[nH]c(-c3ccncc3)n2)c1C. The average Bonchev–Trinajstić information content (AvgIpc) is 3.25. The van der Waals surface area contributed by atoms with Crippen LogP contribution in [0.15, 0.2) is 29.7 Å². The van der Waals surface area contributed by atoms with Crippen LogP contribution in [-0.4, -0.2) is 49.3 Å². The van der Waals surface area contributed by atoms with Gasteiger partial charge in [0.2, 0.25) is 5.16 Å². The molecule has 3 aromatic rings. The highest BCUT2D eigenvalue weighted by Crippen LogP contribution is 2.27. The Balaban J connectivity index is 1.77. The van der Waals surface area contributed by atoms with E-state index >= 15 is 0 Å². The van der Waals surface area contributed by atoms with Crippen LogP contribution in [0.5, 0.6) is 0 Å².